The topological polar surface area (TPSA) is 64.8 Å². The summed E-state index contributed by atoms with van der Waals surface area (Å²) in [5.74, 6) is -0.300. The summed E-state index contributed by atoms with van der Waals surface area (Å²) in [6.07, 6.45) is 2.85. The summed E-state index contributed by atoms with van der Waals surface area (Å²) in [6.45, 7) is 0. The molecule has 34 heavy (non-hydrogen) atoms. The minimum atomic E-state index is -0.300. The fourth-order valence-corrected chi connectivity index (χ4v) is 4.64. The van der Waals surface area contributed by atoms with Gasteiger partial charge in [-0.15, -0.1) is 0 Å². The van der Waals surface area contributed by atoms with E-state index < -0.39 is 0 Å². The fourth-order valence-electron chi connectivity index (χ4n) is 4.64. The van der Waals surface area contributed by atoms with Gasteiger partial charge in [0.25, 0.3) is 5.91 Å². The predicted octanol–water partition coefficient (Wildman–Crippen LogP) is 5.61. The van der Waals surface area contributed by atoms with Crippen molar-refractivity contribution in [2.75, 3.05) is 0 Å². The Balaban J connectivity index is 1.57. The number of pyridine rings is 1. The van der Waals surface area contributed by atoms with Crippen LogP contribution in [0.4, 0.5) is 0 Å². The van der Waals surface area contributed by atoms with E-state index in [1.807, 2.05) is 91.0 Å². The summed E-state index contributed by atoms with van der Waals surface area (Å²) in [5, 5.41) is 5.70. The molecule has 1 aliphatic heterocycles. The van der Waals surface area contributed by atoms with Gasteiger partial charge >= 0.3 is 0 Å². The molecule has 162 valence electrons. The van der Waals surface area contributed by atoms with E-state index in [4.69, 9.17) is 5.10 Å². The minimum Gasteiger partial charge on any atom is -0.298 e. The first-order valence-electron chi connectivity index (χ1n) is 11.1. The van der Waals surface area contributed by atoms with Crippen molar-refractivity contribution in [2.24, 2.45) is 0 Å². The third kappa shape index (κ3) is 3.18. The molecule has 3 aromatic carbocycles. The van der Waals surface area contributed by atoms with E-state index in [-0.39, 0.29) is 5.91 Å². The van der Waals surface area contributed by atoms with Crippen molar-refractivity contribution in [3.05, 3.63) is 114 Å². The Labute approximate surface area is 196 Å². The van der Waals surface area contributed by atoms with Gasteiger partial charge in [0.05, 0.1) is 16.8 Å². The van der Waals surface area contributed by atoms with Crippen molar-refractivity contribution in [1.82, 2.24) is 14.8 Å². The van der Waals surface area contributed by atoms with E-state index in [9.17, 15) is 9.59 Å². The van der Waals surface area contributed by atoms with Crippen LogP contribution in [0.15, 0.2) is 103 Å². The molecule has 2 aromatic heterocycles. The molecule has 0 atom stereocenters. The number of nitrogens with zero attached hydrogens (tertiary/aromatic N) is 3. The standard InChI is InChI=1S/C29H19N3O2/c33-18-23-17-25-27(19-8-3-1-4-9-19)28(20-10-5-2-6-11-20)31-32(25)29(34)26(23)22-13-14-24-21(16-22)12-7-15-30-24/h1-16,18H,17H2. The zero-order valence-corrected chi connectivity index (χ0v) is 18.2. The van der Waals surface area contributed by atoms with Crippen LogP contribution in [0.3, 0.4) is 0 Å². The molecule has 6 rings (SSSR count). The number of benzene rings is 3. The Kier molecular flexibility index (Phi) is 4.73. The van der Waals surface area contributed by atoms with Gasteiger partial charge in [0.2, 0.25) is 0 Å². The number of aromatic nitrogens is 3. The largest absolute Gasteiger partial charge is 0.298 e. The van der Waals surface area contributed by atoms with Gasteiger partial charge in [-0.3, -0.25) is 14.6 Å². The maximum absolute atomic E-state index is 13.8. The molecular weight excluding hydrogens is 422 g/mol. The molecule has 3 heterocycles. The quantitative estimate of drug-likeness (QED) is 0.340. The highest BCUT2D eigenvalue weighted by atomic mass is 16.2. The Bertz CT molecular complexity index is 1600. The summed E-state index contributed by atoms with van der Waals surface area (Å²) in [4.78, 5) is 30.4. The summed E-state index contributed by atoms with van der Waals surface area (Å²) < 4.78 is 1.47. The van der Waals surface area contributed by atoms with Crippen LogP contribution in [-0.4, -0.2) is 27.0 Å². The van der Waals surface area contributed by atoms with Gasteiger partial charge in [0, 0.05) is 34.7 Å². The van der Waals surface area contributed by atoms with Crippen molar-refractivity contribution in [1.29, 1.82) is 0 Å². The molecule has 0 saturated carbocycles. The van der Waals surface area contributed by atoms with Gasteiger partial charge < -0.3 is 0 Å². The molecular formula is C29H19N3O2. The van der Waals surface area contributed by atoms with Crippen LogP contribution in [0.25, 0.3) is 38.9 Å². The van der Waals surface area contributed by atoms with Gasteiger partial charge in [-0.05, 0) is 29.3 Å². The molecule has 0 unspecified atom stereocenters. The van der Waals surface area contributed by atoms with Crippen molar-refractivity contribution >= 4 is 28.7 Å². The highest BCUT2D eigenvalue weighted by molar-refractivity contribution is 6.26. The van der Waals surface area contributed by atoms with E-state index in [1.54, 1.807) is 6.20 Å². The van der Waals surface area contributed by atoms with Crippen LogP contribution in [-0.2, 0) is 11.2 Å². The highest BCUT2D eigenvalue weighted by Crippen LogP contribution is 2.39. The molecule has 0 fully saturated rings. The molecule has 0 radical (unpaired) electrons. The molecule has 0 aliphatic carbocycles. The lowest BCUT2D eigenvalue weighted by Crippen LogP contribution is -2.24. The zero-order chi connectivity index (χ0) is 23.1. The lowest BCUT2D eigenvalue weighted by molar-refractivity contribution is -0.105. The molecule has 0 bridgehead atoms. The average Bonchev–Trinajstić information content (AvgIpc) is 3.29. The van der Waals surface area contributed by atoms with Crippen molar-refractivity contribution in [3.63, 3.8) is 0 Å². The third-order valence-corrected chi connectivity index (χ3v) is 6.21. The number of hydrogen-bond donors (Lipinski definition) is 0. The van der Waals surface area contributed by atoms with E-state index in [0.717, 1.165) is 45.3 Å². The predicted molar refractivity (Wildman–Crippen MR) is 132 cm³/mol. The van der Waals surface area contributed by atoms with E-state index in [1.165, 1.54) is 4.68 Å². The molecule has 1 aliphatic rings. The SMILES string of the molecule is O=CC1=C(c2ccc3ncccc3c2)C(=O)n2nc(-c3ccccc3)c(-c3ccccc3)c2C1. The second-order valence-electron chi connectivity index (χ2n) is 8.23. The summed E-state index contributed by atoms with van der Waals surface area (Å²) >= 11 is 0. The van der Waals surface area contributed by atoms with Gasteiger partial charge in [0.1, 0.15) is 12.0 Å². The summed E-state index contributed by atoms with van der Waals surface area (Å²) in [7, 11) is 0. The van der Waals surface area contributed by atoms with Crippen LogP contribution in [0.5, 0.6) is 0 Å². The van der Waals surface area contributed by atoms with Gasteiger partial charge in [-0.25, -0.2) is 0 Å². The Morgan fingerprint density at radius 2 is 1.53 bits per heavy atom. The first kappa shape index (κ1) is 20.0. The van der Waals surface area contributed by atoms with Gasteiger partial charge in [-0.1, -0.05) is 72.8 Å². The van der Waals surface area contributed by atoms with Crippen molar-refractivity contribution < 1.29 is 9.59 Å². The number of allylic oxidation sites excluding steroid dienone is 2. The smallest absolute Gasteiger partial charge is 0.279 e. The van der Waals surface area contributed by atoms with Crippen LogP contribution >= 0.6 is 0 Å². The maximum Gasteiger partial charge on any atom is 0.279 e. The van der Waals surface area contributed by atoms with Crippen molar-refractivity contribution in [2.45, 2.75) is 6.42 Å². The van der Waals surface area contributed by atoms with Crippen LogP contribution in [0.2, 0.25) is 0 Å². The second-order valence-corrected chi connectivity index (χ2v) is 8.23. The Morgan fingerprint density at radius 3 is 2.26 bits per heavy atom. The minimum absolute atomic E-state index is 0.300. The monoisotopic (exact) mass is 441 g/mol. The summed E-state index contributed by atoms with van der Waals surface area (Å²) in [6, 6.07) is 29.1. The molecule has 5 heteroatoms. The number of carbonyl (C=O) groups is 2. The van der Waals surface area contributed by atoms with Gasteiger partial charge in [-0.2, -0.15) is 9.78 Å². The van der Waals surface area contributed by atoms with Crippen LogP contribution < -0.4 is 0 Å². The lowest BCUT2D eigenvalue weighted by Gasteiger charge is -2.19. The Morgan fingerprint density at radius 1 is 0.794 bits per heavy atom. The number of carbonyl (C=O) groups excluding carboxylic acids is 2. The summed E-state index contributed by atoms with van der Waals surface area (Å²) in [5.41, 5.74) is 6.57. The molecule has 0 saturated heterocycles. The molecule has 0 spiro atoms. The fraction of sp³-hybridized carbons (Fsp3) is 0.0345. The molecule has 5 nitrogen and oxygen atoms in total. The van der Waals surface area contributed by atoms with Gasteiger partial charge in [0.15, 0.2) is 0 Å². The number of aldehydes is 1. The number of hydrogen-bond acceptors (Lipinski definition) is 4. The molecule has 0 N–H and O–H groups in total. The normalized spacial score (nSPS) is 13.2. The second kappa shape index (κ2) is 8.05. The first-order chi connectivity index (χ1) is 16.7. The first-order valence-corrected chi connectivity index (χ1v) is 11.1. The van der Waals surface area contributed by atoms with Crippen LogP contribution in [0.1, 0.15) is 16.1 Å². The number of fused-ring (bicyclic) bond motifs is 2. The van der Waals surface area contributed by atoms with E-state index in [2.05, 4.69) is 4.98 Å². The van der Waals surface area contributed by atoms with Crippen molar-refractivity contribution in [3.8, 4) is 22.4 Å². The highest BCUT2D eigenvalue weighted by Gasteiger charge is 2.32. The average molecular weight is 441 g/mol. The number of rotatable bonds is 4. The maximum atomic E-state index is 13.8. The molecule has 5 aromatic rings. The lowest BCUT2D eigenvalue weighted by atomic mass is 9.90. The zero-order valence-electron chi connectivity index (χ0n) is 18.2. The van der Waals surface area contributed by atoms with E-state index >= 15 is 0 Å². The Hall–Kier alpha value is -4.64. The van der Waals surface area contributed by atoms with Crippen LogP contribution in [0, 0.1) is 0 Å². The van der Waals surface area contributed by atoms with E-state index in [0.29, 0.717) is 23.1 Å². The molecule has 0 amide bonds. The third-order valence-electron chi connectivity index (χ3n) is 6.21.